The van der Waals surface area contributed by atoms with Gasteiger partial charge in [-0.2, -0.15) is 0 Å². The molecule has 0 spiro atoms. The van der Waals surface area contributed by atoms with E-state index in [1.807, 2.05) is 18.2 Å². The Balaban J connectivity index is 1.48. The van der Waals surface area contributed by atoms with Crippen molar-refractivity contribution in [2.24, 2.45) is 5.92 Å². The first-order chi connectivity index (χ1) is 14.8. The number of rotatable bonds is 3. The van der Waals surface area contributed by atoms with Crippen molar-refractivity contribution in [2.45, 2.75) is 64.3 Å². The minimum Gasteiger partial charge on any atom is -0.356 e. The van der Waals surface area contributed by atoms with Crippen molar-refractivity contribution >= 4 is 11.7 Å². The third-order valence-corrected chi connectivity index (χ3v) is 6.85. The Hall–Kier alpha value is -2.50. The van der Waals surface area contributed by atoms with E-state index >= 15 is 0 Å². The third kappa shape index (κ3) is 3.92. The van der Waals surface area contributed by atoms with Gasteiger partial charge in [-0.3, -0.25) is 9.78 Å². The quantitative estimate of drug-likeness (QED) is 0.773. The highest BCUT2D eigenvalue weighted by Crippen LogP contribution is 2.33. The molecule has 158 valence electrons. The standard InChI is InChI=1S/C24H31N5O/c30-24(18-9-3-1-4-10-18)29-16-12-20-19(17-29)23(28-14-7-2-8-15-28)27-22(26-20)21-11-5-6-13-25-21/h5-6,11,13,18H,1-4,7-10,12,14-17H2. The second-order valence-electron chi connectivity index (χ2n) is 8.90. The molecule has 3 aliphatic rings. The average molecular weight is 406 g/mol. The summed E-state index contributed by atoms with van der Waals surface area (Å²) >= 11 is 0. The molecule has 2 fully saturated rings. The van der Waals surface area contributed by atoms with Crippen molar-refractivity contribution in [1.82, 2.24) is 19.9 Å². The maximum atomic E-state index is 13.2. The van der Waals surface area contributed by atoms with Crippen molar-refractivity contribution in [2.75, 3.05) is 24.5 Å². The minimum atomic E-state index is 0.215. The molecule has 0 bridgehead atoms. The van der Waals surface area contributed by atoms with Gasteiger partial charge in [0.15, 0.2) is 5.82 Å². The van der Waals surface area contributed by atoms with Crippen LogP contribution in [0.15, 0.2) is 24.4 Å². The van der Waals surface area contributed by atoms with E-state index in [4.69, 9.17) is 9.97 Å². The molecule has 1 aliphatic carbocycles. The first kappa shape index (κ1) is 19.5. The van der Waals surface area contributed by atoms with Gasteiger partial charge < -0.3 is 9.80 Å². The molecule has 0 N–H and O–H groups in total. The number of hydrogen-bond donors (Lipinski definition) is 0. The van der Waals surface area contributed by atoms with Crippen molar-refractivity contribution in [3.8, 4) is 11.5 Å². The third-order valence-electron chi connectivity index (χ3n) is 6.85. The lowest BCUT2D eigenvalue weighted by Gasteiger charge is -2.36. The van der Waals surface area contributed by atoms with Gasteiger partial charge in [0.2, 0.25) is 5.91 Å². The average Bonchev–Trinajstić information content (AvgIpc) is 2.84. The highest BCUT2D eigenvalue weighted by molar-refractivity contribution is 5.79. The van der Waals surface area contributed by atoms with Gasteiger partial charge in [-0.1, -0.05) is 25.3 Å². The molecule has 1 amide bonds. The molecule has 2 aliphatic heterocycles. The van der Waals surface area contributed by atoms with Gasteiger partial charge in [0.05, 0.1) is 12.2 Å². The number of carbonyl (C=O) groups is 1. The zero-order valence-electron chi connectivity index (χ0n) is 17.7. The van der Waals surface area contributed by atoms with Gasteiger partial charge >= 0.3 is 0 Å². The van der Waals surface area contributed by atoms with E-state index in [0.717, 1.165) is 61.7 Å². The van der Waals surface area contributed by atoms with E-state index in [2.05, 4.69) is 14.8 Å². The lowest BCUT2D eigenvalue weighted by molar-refractivity contribution is -0.137. The van der Waals surface area contributed by atoms with Crippen molar-refractivity contribution in [3.05, 3.63) is 35.7 Å². The van der Waals surface area contributed by atoms with Gasteiger partial charge in [0, 0.05) is 43.7 Å². The van der Waals surface area contributed by atoms with Crippen molar-refractivity contribution in [3.63, 3.8) is 0 Å². The fraction of sp³-hybridized carbons (Fsp3) is 0.583. The molecule has 2 aromatic heterocycles. The molecular weight excluding hydrogens is 374 g/mol. The van der Waals surface area contributed by atoms with Gasteiger partial charge in [-0.05, 0) is 44.2 Å². The Morgan fingerprint density at radius 1 is 0.933 bits per heavy atom. The summed E-state index contributed by atoms with van der Waals surface area (Å²) in [6, 6.07) is 5.88. The van der Waals surface area contributed by atoms with Gasteiger partial charge in [0.25, 0.3) is 0 Å². The number of pyridine rings is 1. The van der Waals surface area contributed by atoms with E-state index in [9.17, 15) is 4.79 Å². The zero-order chi connectivity index (χ0) is 20.3. The van der Waals surface area contributed by atoms with Crippen LogP contribution in [0.3, 0.4) is 0 Å². The van der Waals surface area contributed by atoms with Gasteiger partial charge in [-0.15, -0.1) is 0 Å². The second-order valence-corrected chi connectivity index (χ2v) is 8.90. The number of nitrogens with zero attached hydrogens (tertiary/aromatic N) is 5. The van der Waals surface area contributed by atoms with E-state index < -0.39 is 0 Å². The van der Waals surface area contributed by atoms with Crippen LogP contribution < -0.4 is 4.90 Å². The van der Waals surface area contributed by atoms with E-state index in [1.54, 1.807) is 6.20 Å². The maximum Gasteiger partial charge on any atom is 0.225 e. The predicted octanol–water partition coefficient (Wildman–Crippen LogP) is 3.99. The Morgan fingerprint density at radius 3 is 2.50 bits per heavy atom. The Kier molecular flexibility index (Phi) is 5.65. The van der Waals surface area contributed by atoms with Crippen LogP contribution in [-0.4, -0.2) is 45.4 Å². The number of fused-ring (bicyclic) bond motifs is 1. The largest absolute Gasteiger partial charge is 0.356 e. The fourth-order valence-corrected chi connectivity index (χ4v) is 5.17. The summed E-state index contributed by atoms with van der Waals surface area (Å²) in [5, 5.41) is 0. The summed E-state index contributed by atoms with van der Waals surface area (Å²) in [6.45, 7) is 3.48. The van der Waals surface area contributed by atoms with Crippen molar-refractivity contribution in [1.29, 1.82) is 0 Å². The van der Waals surface area contributed by atoms with Crippen LogP contribution in [0.1, 0.15) is 62.6 Å². The highest BCUT2D eigenvalue weighted by Gasteiger charge is 2.32. The molecule has 2 aromatic rings. The Morgan fingerprint density at radius 2 is 1.73 bits per heavy atom. The van der Waals surface area contributed by atoms with Gasteiger partial charge in [0.1, 0.15) is 11.5 Å². The number of piperidine rings is 1. The number of hydrogen-bond acceptors (Lipinski definition) is 5. The van der Waals surface area contributed by atoms with Crippen LogP contribution in [-0.2, 0) is 17.8 Å². The molecule has 0 radical (unpaired) electrons. The zero-order valence-corrected chi connectivity index (χ0v) is 17.7. The molecule has 4 heterocycles. The fourth-order valence-electron chi connectivity index (χ4n) is 5.17. The molecule has 1 saturated heterocycles. The lowest BCUT2D eigenvalue weighted by atomic mass is 9.87. The van der Waals surface area contributed by atoms with E-state index in [0.29, 0.717) is 18.3 Å². The molecule has 6 nitrogen and oxygen atoms in total. The number of anilines is 1. The topological polar surface area (TPSA) is 62.2 Å². The molecule has 30 heavy (non-hydrogen) atoms. The summed E-state index contributed by atoms with van der Waals surface area (Å²) in [5.41, 5.74) is 3.07. The summed E-state index contributed by atoms with van der Waals surface area (Å²) in [6.07, 6.45) is 12.0. The predicted molar refractivity (Wildman–Crippen MR) is 117 cm³/mol. The van der Waals surface area contributed by atoms with Crippen LogP contribution in [0.5, 0.6) is 0 Å². The molecular formula is C24H31N5O. The Bertz CT molecular complexity index is 888. The molecule has 1 saturated carbocycles. The van der Waals surface area contributed by atoms with Crippen LogP contribution in [0.4, 0.5) is 5.82 Å². The van der Waals surface area contributed by atoms with Crippen molar-refractivity contribution < 1.29 is 4.79 Å². The van der Waals surface area contributed by atoms with Crippen LogP contribution in [0, 0.1) is 5.92 Å². The molecule has 6 heteroatoms. The van der Waals surface area contributed by atoms with E-state index in [1.165, 1.54) is 38.5 Å². The summed E-state index contributed by atoms with van der Waals surface area (Å²) < 4.78 is 0. The smallest absolute Gasteiger partial charge is 0.225 e. The SMILES string of the molecule is O=C(C1CCCCC1)N1CCc2nc(-c3ccccn3)nc(N3CCCCC3)c2C1. The molecule has 0 unspecified atom stereocenters. The highest BCUT2D eigenvalue weighted by atomic mass is 16.2. The molecule has 5 rings (SSSR count). The maximum absolute atomic E-state index is 13.2. The van der Waals surface area contributed by atoms with E-state index in [-0.39, 0.29) is 5.92 Å². The number of amides is 1. The molecule has 0 aromatic carbocycles. The van der Waals surface area contributed by atoms with Gasteiger partial charge in [-0.25, -0.2) is 9.97 Å². The summed E-state index contributed by atoms with van der Waals surface area (Å²) in [7, 11) is 0. The Labute approximate surface area is 178 Å². The lowest BCUT2D eigenvalue weighted by Crippen LogP contribution is -2.42. The molecule has 0 atom stereocenters. The minimum absolute atomic E-state index is 0.215. The second kappa shape index (κ2) is 8.70. The first-order valence-corrected chi connectivity index (χ1v) is 11.6. The van der Waals surface area contributed by atoms with Crippen LogP contribution in [0.2, 0.25) is 0 Å². The monoisotopic (exact) mass is 405 g/mol. The summed E-state index contributed by atoms with van der Waals surface area (Å²) in [4.78, 5) is 32.1. The number of carbonyl (C=O) groups excluding carboxylic acids is 1. The van der Waals surface area contributed by atoms with Crippen LogP contribution in [0.25, 0.3) is 11.5 Å². The summed E-state index contributed by atoms with van der Waals surface area (Å²) in [5.74, 6) is 2.30. The number of aromatic nitrogens is 3. The first-order valence-electron chi connectivity index (χ1n) is 11.6. The normalized spacial score (nSPS) is 20.1. The van der Waals surface area contributed by atoms with Crippen LogP contribution >= 0.6 is 0 Å².